The molecule has 0 aliphatic heterocycles. The maximum absolute atomic E-state index is 11.6. The minimum Gasteiger partial charge on any atom is -0.350 e. The Morgan fingerprint density at radius 2 is 2.05 bits per heavy atom. The normalized spacial score (nSPS) is 10.6. The number of anilines is 1. The second kappa shape index (κ2) is 5.86. The molecule has 0 aliphatic carbocycles. The van der Waals surface area contributed by atoms with Gasteiger partial charge in [0.2, 0.25) is 0 Å². The van der Waals surface area contributed by atoms with Gasteiger partial charge >= 0.3 is 6.03 Å². The van der Waals surface area contributed by atoms with Crippen LogP contribution in [0, 0.1) is 6.92 Å². The number of aromatic nitrogens is 1. The van der Waals surface area contributed by atoms with E-state index in [-0.39, 0.29) is 6.03 Å². The fourth-order valence-corrected chi connectivity index (χ4v) is 1.63. The molecular formula is C14H16N4O. The summed E-state index contributed by atoms with van der Waals surface area (Å²) in [6, 6.07) is 11.0. The summed E-state index contributed by atoms with van der Waals surface area (Å²) in [6.07, 6.45) is 3.51. The molecule has 0 aliphatic rings. The molecule has 0 saturated carbocycles. The van der Waals surface area contributed by atoms with Crippen molar-refractivity contribution in [3.63, 3.8) is 0 Å². The summed E-state index contributed by atoms with van der Waals surface area (Å²) in [7, 11) is 1.91. The molecule has 98 valence electrons. The monoisotopic (exact) mass is 256 g/mol. The summed E-state index contributed by atoms with van der Waals surface area (Å²) in [5.41, 5.74) is 5.12. The zero-order valence-electron chi connectivity index (χ0n) is 10.9. The summed E-state index contributed by atoms with van der Waals surface area (Å²) in [5.74, 6) is 0. The Hall–Kier alpha value is -2.56. The number of benzene rings is 1. The lowest BCUT2D eigenvalue weighted by Gasteiger charge is -2.06. The fourth-order valence-electron chi connectivity index (χ4n) is 1.63. The van der Waals surface area contributed by atoms with Gasteiger partial charge in [0, 0.05) is 18.9 Å². The molecule has 2 amide bonds. The van der Waals surface area contributed by atoms with Crippen LogP contribution in [-0.4, -0.2) is 16.8 Å². The number of para-hydroxylation sites is 1. The van der Waals surface area contributed by atoms with E-state index in [2.05, 4.69) is 15.8 Å². The maximum atomic E-state index is 11.6. The molecule has 0 saturated heterocycles. The number of hydrogen-bond donors (Lipinski definition) is 2. The van der Waals surface area contributed by atoms with Crippen LogP contribution in [0.2, 0.25) is 0 Å². The van der Waals surface area contributed by atoms with Crippen LogP contribution in [0.15, 0.2) is 47.7 Å². The lowest BCUT2D eigenvalue weighted by atomic mass is 10.2. The van der Waals surface area contributed by atoms with Gasteiger partial charge in [-0.3, -0.25) is 0 Å². The first kappa shape index (κ1) is 12.9. The SMILES string of the molecule is Cc1ccccc1NC(=O)NN=Cc1cccn1C. The number of urea groups is 1. The molecule has 0 spiro atoms. The largest absolute Gasteiger partial charge is 0.350 e. The highest BCUT2D eigenvalue weighted by atomic mass is 16.2. The molecule has 0 bridgehead atoms. The van der Waals surface area contributed by atoms with Crippen LogP contribution in [0.4, 0.5) is 10.5 Å². The van der Waals surface area contributed by atoms with E-state index in [4.69, 9.17) is 0 Å². The predicted molar refractivity (Wildman–Crippen MR) is 76.3 cm³/mol. The average molecular weight is 256 g/mol. The molecule has 1 aromatic carbocycles. The Balaban J connectivity index is 1.91. The Kier molecular flexibility index (Phi) is 3.97. The quantitative estimate of drug-likeness (QED) is 0.643. The van der Waals surface area contributed by atoms with Crippen molar-refractivity contribution in [3.05, 3.63) is 53.9 Å². The van der Waals surface area contributed by atoms with Crippen molar-refractivity contribution in [2.75, 3.05) is 5.32 Å². The topological polar surface area (TPSA) is 58.4 Å². The van der Waals surface area contributed by atoms with Gasteiger partial charge in [0.25, 0.3) is 0 Å². The molecule has 0 atom stereocenters. The zero-order valence-corrected chi connectivity index (χ0v) is 10.9. The third-order valence-electron chi connectivity index (χ3n) is 2.74. The summed E-state index contributed by atoms with van der Waals surface area (Å²) < 4.78 is 1.91. The van der Waals surface area contributed by atoms with E-state index in [0.717, 1.165) is 16.9 Å². The van der Waals surface area contributed by atoms with Crippen LogP contribution in [0.1, 0.15) is 11.3 Å². The average Bonchev–Trinajstić information content (AvgIpc) is 2.78. The minimum atomic E-state index is -0.361. The Morgan fingerprint density at radius 1 is 1.26 bits per heavy atom. The van der Waals surface area contributed by atoms with E-state index in [0.29, 0.717) is 0 Å². The molecule has 19 heavy (non-hydrogen) atoms. The fraction of sp³-hybridized carbons (Fsp3) is 0.143. The molecule has 0 unspecified atom stereocenters. The van der Waals surface area contributed by atoms with Gasteiger partial charge in [-0.25, -0.2) is 10.2 Å². The highest BCUT2D eigenvalue weighted by molar-refractivity contribution is 5.90. The van der Waals surface area contributed by atoms with E-state index < -0.39 is 0 Å². The van der Waals surface area contributed by atoms with Crippen molar-refractivity contribution in [3.8, 4) is 0 Å². The lowest BCUT2D eigenvalue weighted by Crippen LogP contribution is -2.24. The van der Waals surface area contributed by atoms with Gasteiger partial charge in [0.1, 0.15) is 0 Å². The second-order valence-corrected chi connectivity index (χ2v) is 4.18. The van der Waals surface area contributed by atoms with Gasteiger partial charge in [0.05, 0.1) is 11.9 Å². The van der Waals surface area contributed by atoms with Gasteiger partial charge in [-0.15, -0.1) is 0 Å². The van der Waals surface area contributed by atoms with Crippen LogP contribution >= 0.6 is 0 Å². The summed E-state index contributed by atoms with van der Waals surface area (Å²) in [5, 5.41) is 6.63. The number of hydrogen-bond acceptors (Lipinski definition) is 2. The first-order chi connectivity index (χ1) is 9.16. The van der Waals surface area contributed by atoms with Gasteiger partial charge in [-0.05, 0) is 30.7 Å². The number of carbonyl (C=O) groups excluding carboxylic acids is 1. The van der Waals surface area contributed by atoms with Crippen LogP contribution in [0.5, 0.6) is 0 Å². The number of aryl methyl sites for hydroxylation is 2. The molecule has 1 heterocycles. The molecule has 5 heteroatoms. The number of carbonyl (C=O) groups is 1. The molecule has 0 fully saturated rings. The highest BCUT2D eigenvalue weighted by Crippen LogP contribution is 2.12. The van der Waals surface area contributed by atoms with Gasteiger partial charge in [-0.1, -0.05) is 18.2 Å². The number of nitrogens with zero attached hydrogens (tertiary/aromatic N) is 2. The van der Waals surface area contributed by atoms with Crippen LogP contribution in [0.25, 0.3) is 0 Å². The summed E-state index contributed by atoms with van der Waals surface area (Å²) in [4.78, 5) is 11.6. The van der Waals surface area contributed by atoms with E-state index >= 15 is 0 Å². The Morgan fingerprint density at radius 3 is 2.74 bits per heavy atom. The van der Waals surface area contributed by atoms with Crippen molar-refractivity contribution in [2.24, 2.45) is 12.1 Å². The summed E-state index contributed by atoms with van der Waals surface area (Å²) >= 11 is 0. The second-order valence-electron chi connectivity index (χ2n) is 4.18. The van der Waals surface area contributed by atoms with E-state index in [1.807, 2.05) is 61.1 Å². The lowest BCUT2D eigenvalue weighted by molar-refractivity contribution is 0.252. The standard InChI is InChI=1S/C14H16N4O/c1-11-6-3-4-8-13(11)16-14(19)17-15-10-12-7-5-9-18(12)2/h3-10H,1-2H3,(H2,16,17,19). The molecular weight excluding hydrogens is 240 g/mol. The number of rotatable bonds is 3. The molecule has 0 radical (unpaired) electrons. The van der Waals surface area contributed by atoms with Crippen LogP contribution in [0.3, 0.4) is 0 Å². The molecule has 2 N–H and O–H groups in total. The maximum Gasteiger partial charge on any atom is 0.339 e. The van der Waals surface area contributed by atoms with Crippen molar-refractivity contribution < 1.29 is 4.79 Å². The van der Waals surface area contributed by atoms with Crippen LogP contribution < -0.4 is 10.7 Å². The van der Waals surface area contributed by atoms with Gasteiger partial charge in [-0.2, -0.15) is 5.10 Å². The first-order valence-electron chi connectivity index (χ1n) is 5.94. The third-order valence-corrected chi connectivity index (χ3v) is 2.74. The Bertz CT molecular complexity index is 601. The Labute approximate surface area is 111 Å². The van der Waals surface area contributed by atoms with Gasteiger partial charge in [0.15, 0.2) is 0 Å². The number of nitrogens with one attached hydrogen (secondary N) is 2. The van der Waals surface area contributed by atoms with E-state index in [1.165, 1.54) is 0 Å². The number of amides is 2. The molecule has 5 nitrogen and oxygen atoms in total. The minimum absolute atomic E-state index is 0.361. The molecule has 2 aromatic rings. The highest BCUT2D eigenvalue weighted by Gasteiger charge is 2.01. The predicted octanol–water partition coefficient (Wildman–Crippen LogP) is 2.49. The van der Waals surface area contributed by atoms with E-state index in [1.54, 1.807) is 6.21 Å². The smallest absolute Gasteiger partial charge is 0.339 e. The molecule has 1 aromatic heterocycles. The van der Waals surface area contributed by atoms with E-state index in [9.17, 15) is 4.79 Å². The van der Waals surface area contributed by atoms with Crippen molar-refractivity contribution >= 4 is 17.9 Å². The number of hydrazone groups is 1. The van der Waals surface area contributed by atoms with Crippen molar-refractivity contribution in [1.82, 2.24) is 9.99 Å². The van der Waals surface area contributed by atoms with Crippen molar-refractivity contribution in [2.45, 2.75) is 6.92 Å². The first-order valence-corrected chi connectivity index (χ1v) is 5.94. The van der Waals surface area contributed by atoms with Crippen LogP contribution in [-0.2, 0) is 7.05 Å². The van der Waals surface area contributed by atoms with Gasteiger partial charge < -0.3 is 9.88 Å². The summed E-state index contributed by atoms with van der Waals surface area (Å²) in [6.45, 7) is 1.93. The molecule has 2 rings (SSSR count). The zero-order chi connectivity index (χ0) is 13.7. The third kappa shape index (κ3) is 3.45. The van der Waals surface area contributed by atoms with Crippen molar-refractivity contribution in [1.29, 1.82) is 0 Å².